The van der Waals surface area contributed by atoms with Crippen molar-refractivity contribution in [1.82, 2.24) is 9.97 Å². The molecule has 0 saturated carbocycles. The van der Waals surface area contributed by atoms with Crippen LogP contribution in [0.4, 0.5) is 5.82 Å². The summed E-state index contributed by atoms with van der Waals surface area (Å²) < 4.78 is 22.7. The third-order valence-electron chi connectivity index (χ3n) is 5.05. The lowest BCUT2D eigenvalue weighted by molar-refractivity contribution is 0.509. The first kappa shape index (κ1) is 18.3. The van der Waals surface area contributed by atoms with Crippen molar-refractivity contribution in [2.24, 2.45) is 11.1 Å². The van der Waals surface area contributed by atoms with E-state index < -0.39 is 10.0 Å². The van der Waals surface area contributed by atoms with Crippen LogP contribution in [0.5, 0.6) is 0 Å². The molecule has 27 heavy (non-hydrogen) atoms. The molecule has 0 radical (unpaired) electrons. The third-order valence-corrected chi connectivity index (χ3v) is 7.14. The fourth-order valence-electron chi connectivity index (χ4n) is 3.58. The van der Waals surface area contributed by atoms with Gasteiger partial charge in [-0.05, 0) is 54.9 Å². The number of nitrogens with two attached hydrogens (primary N) is 1. The molecule has 3 aromatic rings. The molecule has 0 fully saturated rings. The van der Waals surface area contributed by atoms with E-state index in [0.29, 0.717) is 6.54 Å². The lowest BCUT2D eigenvalue weighted by Crippen LogP contribution is -2.12. The van der Waals surface area contributed by atoms with Crippen LogP contribution in [-0.4, -0.2) is 24.9 Å². The Kier molecular flexibility index (Phi) is 4.88. The van der Waals surface area contributed by atoms with E-state index >= 15 is 0 Å². The Bertz CT molecular complexity index is 1080. The summed E-state index contributed by atoms with van der Waals surface area (Å²) in [4.78, 5) is 11.6. The quantitative estimate of drug-likeness (QED) is 0.683. The van der Waals surface area contributed by atoms with Crippen molar-refractivity contribution >= 4 is 37.4 Å². The molecule has 2 aromatic heterocycles. The molecule has 1 aliphatic rings. The summed E-state index contributed by atoms with van der Waals surface area (Å²) in [5.41, 5.74) is 2.45. The van der Waals surface area contributed by atoms with Gasteiger partial charge in [0.25, 0.3) is 0 Å². The molecule has 1 aliphatic carbocycles. The molecule has 0 aliphatic heterocycles. The molecular weight excluding hydrogens is 380 g/mol. The molecule has 0 unspecified atom stereocenters. The highest BCUT2D eigenvalue weighted by atomic mass is 32.2. The summed E-state index contributed by atoms with van der Waals surface area (Å²) in [6, 6.07) is 6.68. The Morgan fingerprint density at radius 3 is 2.78 bits per heavy atom. The summed E-state index contributed by atoms with van der Waals surface area (Å²) in [7, 11) is -3.65. The van der Waals surface area contributed by atoms with Crippen molar-refractivity contribution in [3.8, 4) is 0 Å². The molecule has 0 saturated heterocycles. The first-order valence-corrected chi connectivity index (χ1v) is 11.4. The number of fused-ring (bicyclic) bond motifs is 3. The van der Waals surface area contributed by atoms with E-state index in [1.54, 1.807) is 41.9 Å². The average molecular weight is 403 g/mol. The number of nitrogens with zero attached hydrogens (tertiary/aromatic N) is 2. The average Bonchev–Trinajstić information content (AvgIpc) is 2.99. The maximum atomic E-state index is 11.3. The van der Waals surface area contributed by atoms with Crippen molar-refractivity contribution in [1.29, 1.82) is 0 Å². The van der Waals surface area contributed by atoms with Crippen LogP contribution in [0, 0.1) is 5.92 Å². The van der Waals surface area contributed by atoms with Gasteiger partial charge >= 0.3 is 0 Å². The molecular formula is C19H22N4O2S2. The van der Waals surface area contributed by atoms with Gasteiger partial charge in [0.2, 0.25) is 10.0 Å². The highest BCUT2D eigenvalue weighted by Crippen LogP contribution is 2.39. The molecule has 6 nitrogen and oxygen atoms in total. The summed E-state index contributed by atoms with van der Waals surface area (Å²) in [5, 5.41) is 9.75. The van der Waals surface area contributed by atoms with Crippen LogP contribution in [0.3, 0.4) is 0 Å². The normalized spacial score (nSPS) is 17.0. The monoisotopic (exact) mass is 402 g/mol. The van der Waals surface area contributed by atoms with E-state index in [4.69, 9.17) is 5.14 Å². The molecule has 2 heterocycles. The van der Waals surface area contributed by atoms with E-state index in [1.807, 2.05) is 0 Å². The molecule has 0 amide bonds. The van der Waals surface area contributed by atoms with Crippen LogP contribution in [0.1, 0.15) is 29.3 Å². The van der Waals surface area contributed by atoms with Crippen molar-refractivity contribution in [2.75, 3.05) is 11.9 Å². The Hall–Kier alpha value is -2.03. The number of aromatic nitrogens is 2. The first-order chi connectivity index (χ1) is 12.9. The molecule has 8 heteroatoms. The summed E-state index contributed by atoms with van der Waals surface area (Å²) in [6.07, 6.45) is 5.82. The Morgan fingerprint density at radius 1 is 1.26 bits per heavy atom. The van der Waals surface area contributed by atoms with Crippen LogP contribution < -0.4 is 10.5 Å². The van der Waals surface area contributed by atoms with E-state index in [2.05, 4.69) is 22.2 Å². The number of rotatable bonds is 5. The molecule has 3 N–H and O–H groups in total. The van der Waals surface area contributed by atoms with Gasteiger partial charge in [0.1, 0.15) is 17.0 Å². The second-order valence-electron chi connectivity index (χ2n) is 7.12. The SMILES string of the molecule is C[C@@H]1CCc2c(sc3ncnc(NCCc4ccc(S(N)(=O)=O)cc4)c23)C1. The number of aryl methyl sites for hydroxylation is 1. The van der Waals surface area contributed by atoms with Gasteiger partial charge in [-0.3, -0.25) is 0 Å². The highest BCUT2D eigenvalue weighted by Gasteiger charge is 2.22. The number of primary sulfonamides is 1. The molecule has 0 bridgehead atoms. The van der Waals surface area contributed by atoms with Crippen LogP contribution in [0.25, 0.3) is 10.2 Å². The first-order valence-electron chi connectivity index (χ1n) is 9.02. The third kappa shape index (κ3) is 3.83. The molecule has 142 valence electrons. The standard InChI is InChI=1S/C19H22N4O2S2/c1-12-2-7-15-16(10-12)26-19-17(15)18(22-11-23-19)21-9-8-13-3-5-14(6-4-13)27(20,24)25/h3-6,11-12H,2,7-10H2,1H3,(H2,20,24,25)(H,21,22,23)/t12-/m1/s1. The zero-order chi connectivity index (χ0) is 19.0. The number of thiophene rings is 1. The van der Waals surface area contributed by atoms with Crippen molar-refractivity contribution < 1.29 is 8.42 Å². The van der Waals surface area contributed by atoms with Crippen molar-refractivity contribution in [3.63, 3.8) is 0 Å². The van der Waals surface area contributed by atoms with Gasteiger partial charge in [0.15, 0.2) is 0 Å². The van der Waals surface area contributed by atoms with E-state index in [1.165, 1.54) is 22.2 Å². The largest absolute Gasteiger partial charge is 0.369 e. The zero-order valence-corrected chi connectivity index (χ0v) is 16.7. The minimum absolute atomic E-state index is 0.135. The van der Waals surface area contributed by atoms with E-state index in [9.17, 15) is 8.42 Å². The zero-order valence-electron chi connectivity index (χ0n) is 15.1. The Labute approximate surface area is 162 Å². The maximum absolute atomic E-state index is 11.3. The van der Waals surface area contributed by atoms with Gasteiger partial charge in [-0.1, -0.05) is 19.1 Å². The summed E-state index contributed by atoms with van der Waals surface area (Å²) in [6.45, 7) is 3.02. The Balaban J connectivity index is 1.49. The summed E-state index contributed by atoms with van der Waals surface area (Å²) >= 11 is 1.79. The van der Waals surface area contributed by atoms with Gasteiger partial charge in [-0.25, -0.2) is 23.5 Å². The lowest BCUT2D eigenvalue weighted by atomic mass is 9.89. The lowest BCUT2D eigenvalue weighted by Gasteiger charge is -2.18. The molecule has 0 spiro atoms. The molecule has 1 aromatic carbocycles. The summed E-state index contributed by atoms with van der Waals surface area (Å²) in [5.74, 6) is 1.63. The smallest absolute Gasteiger partial charge is 0.238 e. The second-order valence-corrected chi connectivity index (χ2v) is 9.76. The van der Waals surface area contributed by atoms with Crippen LogP contribution in [-0.2, 0) is 29.3 Å². The Morgan fingerprint density at radius 2 is 2.04 bits per heavy atom. The van der Waals surface area contributed by atoms with Crippen molar-refractivity contribution in [2.45, 2.75) is 37.5 Å². The molecule has 4 rings (SSSR count). The van der Waals surface area contributed by atoms with Gasteiger partial charge in [0, 0.05) is 11.4 Å². The number of hydrogen-bond donors (Lipinski definition) is 2. The minimum Gasteiger partial charge on any atom is -0.369 e. The van der Waals surface area contributed by atoms with Crippen LogP contribution in [0.2, 0.25) is 0 Å². The van der Waals surface area contributed by atoms with Gasteiger partial charge in [-0.2, -0.15) is 0 Å². The van der Waals surface area contributed by atoms with Crippen LogP contribution >= 0.6 is 11.3 Å². The van der Waals surface area contributed by atoms with Gasteiger partial charge < -0.3 is 5.32 Å². The minimum atomic E-state index is -3.65. The fourth-order valence-corrected chi connectivity index (χ4v) is 5.45. The number of hydrogen-bond acceptors (Lipinski definition) is 6. The number of anilines is 1. The van der Waals surface area contributed by atoms with Crippen molar-refractivity contribution in [3.05, 3.63) is 46.6 Å². The number of nitrogens with one attached hydrogen (secondary N) is 1. The van der Waals surface area contributed by atoms with Gasteiger partial charge in [0.05, 0.1) is 10.3 Å². The number of benzene rings is 1. The fraction of sp³-hybridized carbons (Fsp3) is 0.368. The topological polar surface area (TPSA) is 98.0 Å². The maximum Gasteiger partial charge on any atom is 0.238 e. The predicted molar refractivity (Wildman–Crippen MR) is 109 cm³/mol. The highest BCUT2D eigenvalue weighted by molar-refractivity contribution is 7.89. The number of sulfonamides is 1. The van der Waals surface area contributed by atoms with Gasteiger partial charge in [-0.15, -0.1) is 11.3 Å². The van der Waals surface area contributed by atoms with Crippen LogP contribution in [0.15, 0.2) is 35.5 Å². The predicted octanol–water partition coefficient (Wildman–Crippen LogP) is 3.12. The van der Waals surface area contributed by atoms with E-state index in [0.717, 1.165) is 41.4 Å². The second kappa shape index (κ2) is 7.18. The molecule has 1 atom stereocenters. The van der Waals surface area contributed by atoms with E-state index in [-0.39, 0.29) is 4.90 Å².